The zero-order valence-corrected chi connectivity index (χ0v) is 11.8. The first-order valence-corrected chi connectivity index (χ1v) is 6.85. The molecule has 0 aliphatic heterocycles. The lowest BCUT2D eigenvalue weighted by molar-refractivity contribution is 0.471. The Morgan fingerprint density at radius 2 is 2.24 bits per heavy atom. The van der Waals surface area contributed by atoms with Crippen molar-refractivity contribution in [2.75, 3.05) is 0 Å². The Morgan fingerprint density at radius 3 is 2.88 bits per heavy atom. The number of thiazole rings is 1. The second kappa shape index (κ2) is 5.62. The molecule has 0 spiro atoms. The van der Waals surface area contributed by atoms with Gasteiger partial charge in [-0.3, -0.25) is 0 Å². The minimum atomic E-state index is 0.268. The van der Waals surface area contributed by atoms with Gasteiger partial charge >= 0.3 is 0 Å². The molecular formula is C12H13BrN2OS. The highest BCUT2D eigenvalue weighted by Gasteiger charge is 2.01. The molecule has 1 aromatic carbocycles. The fraction of sp³-hybridized carbons (Fsp3) is 0.250. The molecule has 0 atom stereocenters. The smallest absolute Gasteiger partial charge is 0.129 e. The Labute approximate surface area is 113 Å². The standard InChI is InChI=1S/C12H13BrN2OS/c1-8-5-15-12(17-8)7-14-6-9-2-3-11(16)10(13)4-9/h2-5,14,16H,6-7H2,1H3. The number of hydrogen-bond donors (Lipinski definition) is 2. The van der Waals surface area contributed by atoms with E-state index in [0.29, 0.717) is 0 Å². The zero-order chi connectivity index (χ0) is 12.3. The molecule has 0 unspecified atom stereocenters. The molecule has 0 amide bonds. The number of phenolic OH excluding ortho intramolecular Hbond substituents is 1. The molecule has 3 nitrogen and oxygen atoms in total. The predicted molar refractivity (Wildman–Crippen MR) is 73.2 cm³/mol. The van der Waals surface area contributed by atoms with Crippen molar-refractivity contribution in [1.82, 2.24) is 10.3 Å². The molecule has 1 heterocycles. The molecule has 1 aromatic heterocycles. The van der Waals surface area contributed by atoms with Crippen molar-refractivity contribution < 1.29 is 5.11 Å². The van der Waals surface area contributed by atoms with Gasteiger partial charge in [0, 0.05) is 24.2 Å². The summed E-state index contributed by atoms with van der Waals surface area (Å²) >= 11 is 5.00. The van der Waals surface area contributed by atoms with Gasteiger partial charge in [-0.1, -0.05) is 6.07 Å². The summed E-state index contributed by atoms with van der Waals surface area (Å²) in [5.74, 6) is 0.268. The summed E-state index contributed by atoms with van der Waals surface area (Å²) in [4.78, 5) is 5.52. The maximum Gasteiger partial charge on any atom is 0.129 e. The largest absolute Gasteiger partial charge is 0.507 e. The summed E-state index contributed by atoms with van der Waals surface area (Å²) in [5, 5.41) is 13.8. The number of aromatic hydroxyl groups is 1. The minimum absolute atomic E-state index is 0.268. The SMILES string of the molecule is Cc1cnc(CNCc2ccc(O)c(Br)c2)s1. The maximum absolute atomic E-state index is 9.37. The van der Waals surface area contributed by atoms with Crippen molar-refractivity contribution in [2.45, 2.75) is 20.0 Å². The van der Waals surface area contributed by atoms with E-state index in [0.717, 1.165) is 28.1 Å². The molecule has 90 valence electrons. The Hall–Kier alpha value is -0.910. The Morgan fingerprint density at radius 1 is 1.41 bits per heavy atom. The minimum Gasteiger partial charge on any atom is -0.507 e. The molecule has 5 heteroatoms. The summed E-state index contributed by atoms with van der Waals surface area (Å²) in [6.45, 7) is 3.59. The van der Waals surface area contributed by atoms with Gasteiger partial charge in [-0.25, -0.2) is 4.98 Å². The lowest BCUT2D eigenvalue weighted by atomic mass is 10.2. The first-order valence-electron chi connectivity index (χ1n) is 5.24. The van der Waals surface area contributed by atoms with Crippen molar-refractivity contribution in [1.29, 1.82) is 0 Å². The van der Waals surface area contributed by atoms with E-state index < -0.39 is 0 Å². The summed E-state index contributed by atoms with van der Waals surface area (Å²) in [7, 11) is 0. The van der Waals surface area contributed by atoms with E-state index in [2.05, 4.69) is 33.2 Å². The van der Waals surface area contributed by atoms with Crippen LogP contribution in [0.5, 0.6) is 5.75 Å². The molecule has 0 aliphatic rings. The topological polar surface area (TPSA) is 45.2 Å². The molecule has 2 aromatic rings. The number of phenols is 1. The third kappa shape index (κ3) is 3.52. The van der Waals surface area contributed by atoms with Crippen molar-refractivity contribution >= 4 is 27.3 Å². The van der Waals surface area contributed by atoms with Gasteiger partial charge in [0.05, 0.1) is 4.47 Å². The first kappa shape index (κ1) is 12.5. The normalized spacial score (nSPS) is 10.7. The van der Waals surface area contributed by atoms with Gasteiger partial charge in [0.15, 0.2) is 0 Å². The summed E-state index contributed by atoms with van der Waals surface area (Å²) in [6, 6.07) is 5.50. The molecule has 17 heavy (non-hydrogen) atoms. The van der Waals surface area contributed by atoms with Crippen LogP contribution in [0.3, 0.4) is 0 Å². The average Bonchev–Trinajstić information content (AvgIpc) is 2.70. The van der Waals surface area contributed by atoms with Gasteiger partial charge in [-0.2, -0.15) is 0 Å². The van der Waals surface area contributed by atoms with Gasteiger partial charge in [0.1, 0.15) is 10.8 Å². The number of nitrogens with zero attached hydrogens (tertiary/aromatic N) is 1. The van der Waals surface area contributed by atoms with Crippen LogP contribution in [-0.4, -0.2) is 10.1 Å². The molecule has 2 rings (SSSR count). The van der Waals surface area contributed by atoms with E-state index in [1.165, 1.54) is 4.88 Å². The van der Waals surface area contributed by atoms with Gasteiger partial charge in [-0.05, 0) is 40.5 Å². The van der Waals surface area contributed by atoms with E-state index in [1.54, 1.807) is 17.4 Å². The van der Waals surface area contributed by atoms with Crippen LogP contribution in [0.4, 0.5) is 0 Å². The number of nitrogens with one attached hydrogen (secondary N) is 1. The number of benzene rings is 1. The Balaban J connectivity index is 1.87. The van der Waals surface area contributed by atoms with Gasteiger partial charge in [-0.15, -0.1) is 11.3 Å². The predicted octanol–water partition coefficient (Wildman–Crippen LogP) is 3.21. The van der Waals surface area contributed by atoms with Crippen LogP contribution in [0.25, 0.3) is 0 Å². The van der Waals surface area contributed by atoms with Crippen molar-refractivity contribution in [3.05, 3.63) is 44.3 Å². The average molecular weight is 313 g/mol. The van der Waals surface area contributed by atoms with Crippen molar-refractivity contribution in [3.8, 4) is 5.75 Å². The highest BCUT2D eigenvalue weighted by atomic mass is 79.9. The lowest BCUT2D eigenvalue weighted by Crippen LogP contribution is -2.12. The number of aryl methyl sites for hydroxylation is 1. The highest BCUT2D eigenvalue weighted by Crippen LogP contribution is 2.24. The second-order valence-corrected chi connectivity index (χ2v) is 5.93. The van der Waals surface area contributed by atoms with Crippen LogP contribution in [0.2, 0.25) is 0 Å². The number of aromatic nitrogens is 1. The van der Waals surface area contributed by atoms with E-state index in [4.69, 9.17) is 0 Å². The van der Waals surface area contributed by atoms with Gasteiger partial charge < -0.3 is 10.4 Å². The van der Waals surface area contributed by atoms with Crippen LogP contribution < -0.4 is 5.32 Å². The third-order valence-corrected chi connectivity index (χ3v) is 3.83. The van der Waals surface area contributed by atoms with E-state index >= 15 is 0 Å². The van der Waals surface area contributed by atoms with Crippen molar-refractivity contribution in [2.24, 2.45) is 0 Å². The highest BCUT2D eigenvalue weighted by molar-refractivity contribution is 9.10. The first-order chi connectivity index (χ1) is 8.15. The van der Waals surface area contributed by atoms with Gasteiger partial charge in [0.2, 0.25) is 0 Å². The fourth-order valence-corrected chi connectivity index (χ4v) is 2.64. The summed E-state index contributed by atoms with van der Waals surface area (Å²) in [5.41, 5.74) is 1.13. The summed E-state index contributed by atoms with van der Waals surface area (Å²) < 4.78 is 0.724. The van der Waals surface area contributed by atoms with E-state index in [9.17, 15) is 5.11 Å². The number of halogens is 1. The van der Waals surface area contributed by atoms with Crippen LogP contribution in [0.15, 0.2) is 28.9 Å². The Bertz CT molecular complexity index is 513. The van der Waals surface area contributed by atoms with E-state index in [1.807, 2.05) is 18.3 Å². The van der Waals surface area contributed by atoms with Gasteiger partial charge in [0.25, 0.3) is 0 Å². The molecule has 0 bridgehead atoms. The zero-order valence-electron chi connectivity index (χ0n) is 9.40. The molecule has 2 N–H and O–H groups in total. The number of hydrogen-bond acceptors (Lipinski definition) is 4. The quantitative estimate of drug-likeness (QED) is 0.911. The molecule has 0 aliphatic carbocycles. The fourth-order valence-electron chi connectivity index (χ4n) is 1.46. The number of rotatable bonds is 4. The molecule has 0 saturated carbocycles. The Kier molecular flexibility index (Phi) is 4.15. The molecule has 0 radical (unpaired) electrons. The summed E-state index contributed by atoms with van der Waals surface area (Å²) in [6.07, 6.45) is 1.89. The van der Waals surface area contributed by atoms with Crippen LogP contribution >= 0.6 is 27.3 Å². The van der Waals surface area contributed by atoms with Crippen LogP contribution in [0, 0.1) is 6.92 Å². The van der Waals surface area contributed by atoms with Crippen molar-refractivity contribution in [3.63, 3.8) is 0 Å². The molecular weight excluding hydrogens is 300 g/mol. The lowest BCUT2D eigenvalue weighted by Gasteiger charge is -2.04. The second-order valence-electron chi connectivity index (χ2n) is 3.75. The molecule has 0 fully saturated rings. The van der Waals surface area contributed by atoms with E-state index in [-0.39, 0.29) is 5.75 Å². The molecule has 0 saturated heterocycles. The van der Waals surface area contributed by atoms with Crippen LogP contribution in [-0.2, 0) is 13.1 Å². The van der Waals surface area contributed by atoms with Crippen LogP contribution in [0.1, 0.15) is 15.4 Å². The maximum atomic E-state index is 9.37. The third-order valence-electron chi connectivity index (χ3n) is 2.29. The monoisotopic (exact) mass is 312 g/mol.